The van der Waals surface area contributed by atoms with E-state index in [2.05, 4.69) is 0 Å². The molecule has 1 aliphatic rings. The van der Waals surface area contributed by atoms with Crippen molar-refractivity contribution >= 4 is 11.9 Å². The van der Waals surface area contributed by atoms with Crippen LogP contribution in [0.3, 0.4) is 0 Å². The molecule has 0 aromatic carbocycles. The standard InChI is InChI=1S/C15H24O6/c1-11(2)20-13(16)5-7-15(18-9-10-19-15)8-6-14(17)21-12(3)4/h9-12H,5-8H2,1-4H3. The van der Waals surface area contributed by atoms with E-state index in [1.165, 1.54) is 12.5 Å². The van der Waals surface area contributed by atoms with Gasteiger partial charge < -0.3 is 18.9 Å². The van der Waals surface area contributed by atoms with Crippen molar-refractivity contribution in [3.63, 3.8) is 0 Å². The van der Waals surface area contributed by atoms with Gasteiger partial charge in [0.1, 0.15) is 12.5 Å². The Balaban J connectivity index is 2.43. The van der Waals surface area contributed by atoms with Crippen LogP contribution in [0.25, 0.3) is 0 Å². The van der Waals surface area contributed by atoms with Gasteiger partial charge in [0, 0.05) is 12.8 Å². The Morgan fingerprint density at radius 2 is 1.29 bits per heavy atom. The topological polar surface area (TPSA) is 71.1 Å². The normalized spacial score (nSPS) is 15.7. The number of rotatable bonds is 8. The van der Waals surface area contributed by atoms with Crippen molar-refractivity contribution in [3.05, 3.63) is 12.5 Å². The fraction of sp³-hybridized carbons (Fsp3) is 0.733. The highest BCUT2D eigenvalue weighted by molar-refractivity contribution is 5.70. The third kappa shape index (κ3) is 6.51. The summed E-state index contributed by atoms with van der Waals surface area (Å²) in [6.45, 7) is 7.17. The minimum Gasteiger partial charge on any atom is -0.463 e. The minimum absolute atomic E-state index is 0.155. The second-order valence-corrected chi connectivity index (χ2v) is 5.50. The Morgan fingerprint density at radius 1 is 0.905 bits per heavy atom. The van der Waals surface area contributed by atoms with E-state index < -0.39 is 5.79 Å². The van der Waals surface area contributed by atoms with E-state index in [0.717, 1.165) is 0 Å². The molecule has 0 aliphatic carbocycles. The van der Waals surface area contributed by atoms with Crippen molar-refractivity contribution < 1.29 is 28.5 Å². The van der Waals surface area contributed by atoms with Crippen LogP contribution in [-0.2, 0) is 28.5 Å². The number of hydrogen-bond acceptors (Lipinski definition) is 6. The lowest BCUT2D eigenvalue weighted by atomic mass is 10.0. The largest absolute Gasteiger partial charge is 0.463 e. The SMILES string of the molecule is CC(C)OC(=O)CCC1(CCC(=O)OC(C)C)OC=CO1. The van der Waals surface area contributed by atoms with Gasteiger partial charge in [-0.1, -0.05) is 0 Å². The molecule has 21 heavy (non-hydrogen) atoms. The fourth-order valence-corrected chi connectivity index (χ4v) is 1.92. The van der Waals surface area contributed by atoms with Gasteiger partial charge in [-0.2, -0.15) is 0 Å². The Morgan fingerprint density at radius 3 is 1.62 bits per heavy atom. The van der Waals surface area contributed by atoms with E-state index in [-0.39, 0.29) is 37.0 Å². The summed E-state index contributed by atoms with van der Waals surface area (Å²) in [6, 6.07) is 0. The average molecular weight is 300 g/mol. The quantitative estimate of drug-likeness (QED) is 0.642. The van der Waals surface area contributed by atoms with Crippen LogP contribution >= 0.6 is 0 Å². The van der Waals surface area contributed by atoms with Crippen molar-refractivity contribution in [2.75, 3.05) is 0 Å². The lowest BCUT2D eigenvalue weighted by Gasteiger charge is -2.27. The van der Waals surface area contributed by atoms with Gasteiger partial charge in [0.2, 0.25) is 0 Å². The number of carbonyl (C=O) groups is 2. The highest BCUT2D eigenvalue weighted by Gasteiger charge is 2.37. The van der Waals surface area contributed by atoms with Gasteiger partial charge in [0.05, 0.1) is 25.0 Å². The molecule has 0 aromatic rings. The third-order valence-corrected chi connectivity index (χ3v) is 2.78. The molecular formula is C15H24O6. The zero-order chi connectivity index (χ0) is 15.9. The second-order valence-electron chi connectivity index (χ2n) is 5.50. The summed E-state index contributed by atoms with van der Waals surface area (Å²) in [5.41, 5.74) is 0. The van der Waals surface area contributed by atoms with Crippen molar-refractivity contribution in [2.24, 2.45) is 0 Å². The van der Waals surface area contributed by atoms with Crippen molar-refractivity contribution in [1.82, 2.24) is 0 Å². The highest BCUT2D eigenvalue weighted by atomic mass is 16.7. The first-order chi connectivity index (χ1) is 9.83. The molecule has 0 unspecified atom stereocenters. The molecule has 0 aromatic heterocycles. The van der Waals surface area contributed by atoms with Crippen molar-refractivity contribution in [1.29, 1.82) is 0 Å². The Kier molecular flexibility index (Phi) is 6.52. The molecule has 1 rings (SSSR count). The molecule has 0 atom stereocenters. The Hall–Kier alpha value is -1.72. The van der Waals surface area contributed by atoms with Crippen LogP contribution in [0.5, 0.6) is 0 Å². The predicted octanol–water partition coefficient (Wildman–Crippen LogP) is 2.66. The molecule has 0 bridgehead atoms. The maximum absolute atomic E-state index is 11.6. The first kappa shape index (κ1) is 17.3. The second kappa shape index (κ2) is 7.90. The van der Waals surface area contributed by atoms with Gasteiger partial charge in [-0.05, 0) is 27.7 Å². The Labute approximate surface area is 125 Å². The van der Waals surface area contributed by atoms with Crippen LogP contribution in [-0.4, -0.2) is 29.9 Å². The molecule has 0 fully saturated rings. The predicted molar refractivity (Wildman–Crippen MR) is 75.0 cm³/mol. The van der Waals surface area contributed by atoms with E-state index in [1.807, 2.05) is 0 Å². The number of hydrogen-bond donors (Lipinski definition) is 0. The van der Waals surface area contributed by atoms with Crippen LogP contribution in [0.15, 0.2) is 12.5 Å². The molecule has 0 radical (unpaired) electrons. The summed E-state index contributed by atoms with van der Waals surface area (Å²) in [7, 11) is 0. The minimum atomic E-state index is -0.980. The lowest BCUT2D eigenvalue weighted by Crippen LogP contribution is -2.32. The van der Waals surface area contributed by atoms with E-state index in [9.17, 15) is 9.59 Å². The van der Waals surface area contributed by atoms with Gasteiger partial charge in [0.25, 0.3) is 5.79 Å². The fourth-order valence-electron chi connectivity index (χ4n) is 1.92. The molecule has 0 spiro atoms. The first-order valence-electron chi connectivity index (χ1n) is 7.22. The summed E-state index contributed by atoms with van der Waals surface area (Å²) >= 11 is 0. The molecule has 0 saturated heterocycles. The van der Waals surface area contributed by atoms with Crippen LogP contribution < -0.4 is 0 Å². The zero-order valence-electron chi connectivity index (χ0n) is 13.1. The monoisotopic (exact) mass is 300 g/mol. The number of ether oxygens (including phenoxy) is 4. The lowest BCUT2D eigenvalue weighted by molar-refractivity contribution is -0.171. The molecule has 1 aliphatic heterocycles. The molecule has 1 heterocycles. The third-order valence-electron chi connectivity index (χ3n) is 2.78. The maximum Gasteiger partial charge on any atom is 0.306 e. The summed E-state index contributed by atoms with van der Waals surface area (Å²) in [5, 5.41) is 0. The van der Waals surface area contributed by atoms with Gasteiger partial charge >= 0.3 is 11.9 Å². The first-order valence-corrected chi connectivity index (χ1v) is 7.22. The molecule has 6 nitrogen and oxygen atoms in total. The van der Waals surface area contributed by atoms with Crippen molar-refractivity contribution in [2.45, 2.75) is 71.4 Å². The van der Waals surface area contributed by atoms with Gasteiger partial charge in [-0.15, -0.1) is 0 Å². The molecule has 0 N–H and O–H groups in total. The van der Waals surface area contributed by atoms with E-state index >= 15 is 0 Å². The van der Waals surface area contributed by atoms with Crippen molar-refractivity contribution in [3.8, 4) is 0 Å². The van der Waals surface area contributed by atoms with Crippen LogP contribution in [0.2, 0.25) is 0 Å². The van der Waals surface area contributed by atoms with Crippen LogP contribution in [0.4, 0.5) is 0 Å². The average Bonchev–Trinajstić information content (AvgIpc) is 2.82. The number of esters is 2. The maximum atomic E-state index is 11.6. The summed E-state index contributed by atoms with van der Waals surface area (Å²) in [4.78, 5) is 23.2. The summed E-state index contributed by atoms with van der Waals surface area (Å²) < 4.78 is 21.0. The van der Waals surface area contributed by atoms with E-state index in [0.29, 0.717) is 12.8 Å². The van der Waals surface area contributed by atoms with Gasteiger partial charge in [0.15, 0.2) is 0 Å². The molecule has 0 amide bonds. The summed E-state index contributed by atoms with van der Waals surface area (Å²) in [5.74, 6) is -1.60. The van der Waals surface area contributed by atoms with Gasteiger partial charge in [-0.25, -0.2) is 0 Å². The molecular weight excluding hydrogens is 276 g/mol. The molecule has 120 valence electrons. The van der Waals surface area contributed by atoms with E-state index in [4.69, 9.17) is 18.9 Å². The highest BCUT2D eigenvalue weighted by Crippen LogP contribution is 2.31. The Bertz CT molecular complexity index is 350. The number of carbonyl (C=O) groups excluding carboxylic acids is 2. The van der Waals surface area contributed by atoms with Crippen LogP contribution in [0.1, 0.15) is 53.4 Å². The molecule has 0 saturated carbocycles. The smallest absolute Gasteiger partial charge is 0.306 e. The zero-order valence-corrected chi connectivity index (χ0v) is 13.1. The van der Waals surface area contributed by atoms with Gasteiger partial charge in [-0.3, -0.25) is 9.59 Å². The van der Waals surface area contributed by atoms with Crippen LogP contribution in [0, 0.1) is 0 Å². The van der Waals surface area contributed by atoms with E-state index in [1.54, 1.807) is 27.7 Å². The summed E-state index contributed by atoms with van der Waals surface area (Å²) in [6.07, 6.45) is 3.50. The molecule has 6 heteroatoms.